The van der Waals surface area contributed by atoms with Gasteiger partial charge in [-0.3, -0.25) is 4.79 Å². The fraction of sp³-hybridized carbons (Fsp3) is 0.647. The highest BCUT2D eigenvalue weighted by molar-refractivity contribution is 7.88. The molecule has 0 aromatic carbocycles. The van der Waals surface area contributed by atoms with Crippen LogP contribution in [0.2, 0.25) is 0 Å². The number of hydrogen-bond acceptors (Lipinski definition) is 6. The van der Waals surface area contributed by atoms with E-state index >= 15 is 0 Å². The third-order valence-electron chi connectivity index (χ3n) is 5.06. The zero-order valence-electron chi connectivity index (χ0n) is 15.4. The maximum Gasteiger partial charge on any atom is 0.238 e. The summed E-state index contributed by atoms with van der Waals surface area (Å²) in [7, 11) is -1.26. The second-order valence-corrected chi connectivity index (χ2v) is 8.96. The van der Waals surface area contributed by atoms with Crippen LogP contribution in [-0.4, -0.2) is 80.6 Å². The number of amides is 1. The Labute approximate surface area is 155 Å². The molecule has 2 saturated heterocycles. The lowest BCUT2D eigenvalue weighted by Gasteiger charge is -2.34. The molecular formula is C17H27N5O3S. The maximum absolute atomic E-state index is 12.5. The number of anilines is 1. The van der Waals surface area contributed by atoms with E-state index in [4.69, 9.17) is 0 Å². The van der Waals surface area contributed by atoms with Crippen molar-refractivity contribution in [3.8, 4) is 0 Å². The number of hydrogen-bond donors (Lipinski definition) is 1. The monoisotopic (exact) mass is 381 g/mol. The van der Waals surface area contributed by atoms with Gasteiger partial charge in [0.15, 0.2) is 0 Å². The van der Waals surface area contributed by atoms with Gasteiger partial charge in [0.2, 0.25) is 15.9 Å². The number of pyridine rings is 1. The molecule has 0 spiro atoms. The average molecular weight is 382 g/mol. The molecule has 1 amide bonds. The number of sulfonamides is 1. The average Bonchev–Trinajstić information content (AvgIpc) is 3.11. The Morgan fingerprint density at radius 3 is 2.69 bits per heavy atom. The number of carbonyl (C=O) groups is 1. The molecule has 9 heteroatoms. The Hall–Kier alpha value is -1.71. The molecule has 1 N–H and O–H groups in total. The van der Waals surface area contributed by atoms with Crippen LogP contribution in [0.25, 0.3) is 0 Å². The molecule has 0 bridgehead atoms. The summed E-state index contributed by atoms with van der Waals surface area (Å²) in [4.78, 5) is 21.6. The molecule has 3 heterocycles. The van der Waals surface area contributed by atoms with Crippen LogP contribution in [0.15, 0.2) is 18.3 Å². The van der Waals surface area contributed by atoms with Gasteiger partial charge in [0.25, 0.3) is 0 Å². The van der Waals surface area contributed by atoms with Crippen molar-refractivity contribution in [2.45, 2.75) is 25.4 Å². The van der Waals surface area contributed by atoms with E-state index in [1.165, 1.54) is 4.31 Å². The second kappa shape index (κ2) is 7.89. The van der Waals surface area contributed by atoms with Crippen molar-refractivity contribution in [3.63, 3.8) is 0 Å². The van der Waals surface area contributed by atoms with Gasteiger partial charge in [0.1, 0.15) is 11.9 Å². The van der Waals surface area contributed by atoms with Crippen LogP contribution in [-0.2, 0) is 21.4 Å². The predicted octanol–water partition coefficient (Wildman–Crippen LogP) is -0.126. The van der Waals surface area contributed by atoms with Gasteiger partial charge in [-0.15, -0.1) is 0 Å². The van der Waals surface area contributed by atoms with Crippen molar-refractivity contribution in [2.24, 2.45) is 0 Å². The summed E-state index contributed by atoms with van der Waals surface area (Å²) >= 11 is 0. The van der Waals surface area contributed by atoms with Crippen LogP contribution in [0.3, 0.4) is 0 Å². The number of carbonyl (C=O) groups excluding carboxylic acids is 1. The van der Waals surface area contributed by atoms with Crippen LogP contribution in [0, 0.1) is 0 Å². The molecule has 3 rings (SSSR count). The SMILES string of the molecule is CN1CCN(c2ncccc2CNC(=O)[C@@H]2CCCN2S(C)(=O)=O)CC1. The highest BCUT2D eigenvalue weighted by atomic mass is 32.2. The van der Waals surface area contributed by atoms with Crippen LogP contribution < -0.4 is 10.2 Å². The molecule has 1 atom stereocenters. The molecule has 1 aromatic rings. The summed E-state index contributed by atoms with van der Waals surface area (Å²) in [5.41, 5.74) is 0.953. The van der Waals surface area contributed by atoms with Crippen LogP contribution in [0.1, 0.15) is 18.4 Å². The van der Waals surface area contributed by atoms with Gasteiger partial charge < -0.3 is 15.1 Å². The summed E-state index contributed by atoms with van der Waals surface area (Å²) in [6.07, 6.45) is 4.20. The van der Waals surface area contributed by atoms with E-state index < -0.39 is 16.1 Å². The lowest BCUT2D eigenvalue weighted by Crippen LogP contribution is -2.46. The number of nitrogens with one attached hydrogen (secondary N) is 1. The molecule has 2 aliphatic heterocycles. The van der Waals surface area contributed by atoms with Crippen molar-refractivity contribution in [1.82, 2.24) is 19.5 Å². The minimum Gasteiger partial charge on any atom is -0.354 e. The van der Waals surface area contributed by atoms with Crippen LogP contribution in [0.4, 0.5) is 5.82 Å². The molecule has 2 fully saturated rings. The van der Waals surface area contributed by atoms with Gasteiger partial charge in [-0.25, -0.2) is 13.4 Å². The standard InChI is InChI=1S/C17H27N5O3S/c1-20-9-11-21(12-10-20)16-14(5-3-7-18-16)13-19-17(23)15-6-4-8-22(15)26(2,24)25/h3,5,7,15H,4,6,8-13H2,1-2H3,(H,19,23)/t15-/m0/s1. The Morgan fingerprint density at radius 2 is 2.00 bits per heavy atom. The molecule has 26 heavy (non-hydrogen) atoms. The van der Waals surface area contributed by atoms with E-state index in [9.17, 15) is 13.2 Å². The van der Waals surface area contributed by atoms with Gasteiger partial charge in [-0.1, -0.05) is 6.07 Å². The first kappa shape index (κ1) is 19.1. The molecule has 144 valence electrons. The number of rotatable bonds is 5. The minimum atomic E-state index is -3.36. The number of piperazine rings is 1. The Balaban J connectivity index is 1.66. The van der Waals surface area contributed by atoms with Gasteiger partial charge in [-0.2, -0.15) is 4.31 Å². The van der Waals surface area contributed by atoms with Crippen molar-refractivity contribution < 1.29 is 13.2 Å². The molecule has 1 aromatic heterocycles. The Kier molecular flexibility index (Phi) is 5.79. The van der Waals surface area contributed by atoms with Gasteiger partial charge in [-0.05, 0) is 26.0 Å². The number of aromatic nitrogens is 1. The van der Waals surface area contributed by atoms with Crippen molar-refractivity contribution in [2.75, 3.05) is 50.9 Å². The fourth-order valence-corrected chi connectivity index (χ4v) is 4.69. The van der Waals surface area contributed by atoms with Crippen molar-refractivity contribution in [3.05, 3.63) is 23.9 Å². The lowest BCUT2D eigenvalue weighted by atomic mass is 10.2. The predicted molar refractivity (Wildman–Crippen MR) is 100 cm³/mol. The minimum absolute atomic E-state index is 0.235. The van der Waals surface area contributed by atoms with E-state index in [-0.39, 0.29) is 5.91 Å². The summed E-state index contributed by atoms with van der Waals surface area (Å²) < 4.78 is 25.0. The first-order valence-electron chi connectivity index (χ1n) is 8.98. The number of likely N-dealkylation sites (N-methyl/N-ethyl adjacent to an activating group) is 1. The first-order chi connectivity index (χ1) is 12.4. The highest BCUT2D eigenvalue weighted by Gasteiger charge is 2.36. The molecule has 0 aliphatic carbocycles. The zero-order valence-corrected chi connectivity index (χ0v) is 16.2. The summed E-state index contributed by atoms with van der Waals surface area (Å²) in [6.45, 7) is 4.53. The van der Waals surface area contributed by atoms with Gasteiger partial charge >= 0.3 is 0 Å². The van der Waals surface area contributed by atoms with E-state index in [2.05, 4.69) is 27.1 Å². The lowest BCUT2D eigenvalue weighted by molar-refractivity contribution is -0.124. The van der Waals surface area contributed by atoms with E-state index in [0.717, 1.165) is 43.8 Å². The largest absolute Gasteiger partial charge is 0.354 e. The van der Waals surface area contributed by atoms with Crippen molar-refractivity contribution in [1.29, 1.82) is 0 Å². The third kappa shape index (κ3) is 4.33. The van der Waals surface area contributed by atoms with E-state index in [1.807, 2.05) is 12.1 Å². The molecule has 2 aliphatic rings. The molecule has 0 unspecified atom stereocenters. The van der Waals surface area contributed by atoms with Crippen LogP contribution >= 0.6 is 0 Å². The molecule has 0 radical (unpaired) electrons. The van der Waals surface area contributed by atoms with E-state index in [0.29, 0.717) is 25.9 Å². The smallest absolute Gasteiger partial charge is 0.238 e. The topological polar surface area (TPSA) is 85.8 Å². The third-order valence-corrected chi connectivity index (χ3v) is 6.34. The first-order valence-corrected chi connectivity index (χ1v) is 10.8. The van der Waals surface area contributed by atoms with Crippen LogP contribution in [0.5, 0.6) is 0 Å². The summed E-state index contributed by atoms with van der Waals surface area (Å²) in [6, 6.07) is 3.22. The summed E-state index contributed by atoms with van der Waals surface area (Å²) in [5.74, 6) is 0.661. The normalized spacial score (nSPS) is 22.5. The molecule has 0 saturated carbocycles. The van der Waals surface area contributed by atoms with E-state index in [1.54, 1.807) is 6.20 Å². The van der Waals surface area contributed by atoms with Crippen molar-refractivity contribution >= 4 is 21.7 Å². The zero-order chi connectivity index (χ0) is 18.7. The Bertz CT molecular complexity index is 747. The van der Waals surface area contributed by atoms with Gasteiger partial charge in [0, 0.05) is 51.0 Å². The molecular weight excluding hydrogens is 354 g/mol. The molecule has 8 nitrogen and oxygen atoms in total. The second-order valence-electron chi connectivity index (χ2n) is 7.03. The fourth-order valence-electron chi connectivity index (χ4n) is 3.57. The number of nitrogens with zero attached hydrogens (tertiary/aromatic N) is 4. The maximum atomic E-state index is 12.5. The Morgan fingerprint density at radius 1 is 1.27 bits per heavy atom. The quantitative estimate of drug-likeness (QED) is 0.765. The summed E-state index contributed by atoms with van der Waals surface area (Å²) in [5, 5.41) is 2.91. The highest BCUT2D eigenvalue weighted by Crippen LogP contribution is 2.22. The van der Waals surface area contributed by atoms with Gasteiger partial charge in [0.05, 0.1) is 6.26 Å².